The van der Waals surface area contributed by atoms with E-state index in [1.807, 2.05) is 24.3 Å². The van der Waals surface area contributed by atoms with Crippen LogP contribution >= 0.6 is 11.8 Å². The molecule has 1 aliphatic rings. The second kappa shape index (κ2) is 5.65. The molecule has 0 spiro atoms. The van der Waals surface area contributed by atoms with Gasteiger partial charge in [0.1, 0.15) is 0 Å². The second-order valence-corrected chi connectivity index (χ2v) is 6.42. The molecule has 102 valence electrons. The normalized spacial score (nSPS) is 17.5. The van der Waals surface area contributed by atoms with Crippen LogP contribution in [0.2, 0.25) is 0 Å². The van der Waals surface area contributed by atoms with Gasteiger partial charge in [-0.3, -0.25) is 9.79 Å². The summed E-state index contributed by atoms with van der Waals surface area (Å²) in [5.41, 5.74) is 2.07. The van der Waals surface area contributed by atoms with E-state index in [9.17, 15) is 4.79 Å². The van der Waals surface area contributed by atoms with Crippen LogP contribution in [0.15, 0.2) is 29.3 Å². The number of thioether (sulfide) groups is 1. The minimum Gasteiger partial charge on any atom is -0.335 e. The van der Waals surface area contributed by atoms with Crippen molar-refractivity contribution < 1.29 is 4.79 Å². The van der Waals surface area contributed by atoms with Crippen LogP contribution in [0.1, 0.15) is 20.8 Å². The minimum absolute atomic E-state index is 0.0600. The van der Waals surface area contributed by atoms with Crippen LogP contribution in [0.4, 0.5) is 11.4 Å². The molecule has 2 rings (SSSR count). The molecule has 19 heavy (non-hydrogen) atoms. The highest BCUT2D eigenvalue weighted by atomic mass is 32.2. The van der Waals surface area contributed by atoms with E-state index in [0.717, 1.165) is 28.8 Å². The van der Waals surface area contributed by atoms with Gasteiger partial charge in [0.25, 0.3) is 0 Å². The lowest BCUT2D eigenvalue weighted by molar-refractivity contribution is -0.114. The Kier molecular flexibility index (Phi) is 4.14. The summed E-state index contributed by atoms with van der Waals surface area (Å²) in [6.45, 7) is 6.80. The Balaban J connectivity index is 1.97. The van der Waals surface area contributed by atoms with E-state index in [1.165, 1.54) is 6.92 Å². The SMILES string of the molecule is CC(=O)Nc1ccc(NC2=NCC(C)(C)CS2)cc1. The van der Waals surface area contributed by atoms with Gasteiger partial charge >= 0.3 is 0 Å². The summed E-state index contributed by atoms with van der Waals surface area (Å²) in [6.07, 6.45) is 0. The van der Waals surface area contributed by atoms with E-state index < -0.39 is 0 Å². The number of carbonyl (C=O) groups excluding carboxylic acids is 1. The Morgan fingerprint density at radius 1 is 1.26 bits per heavy atom. The minimum atomic E-state index is -0.0600. The first-order valence-corrected chi connectivity index (χ1v) is 7.25. The number of aliphatic imine (C=N–C) groups is 1. The molecule has 0 unspecified atom stereocenters. The number of hydrogen-bond donors (Lipinski definition) is 2. The van der Waals surface area contributed by atoms with Gasteiger partial charge in [-0.25, -0.2) is 0 Å². The van der Waals surface area contributed by atoms with Crippen LogP contribution in [-0.4, -0.2) is 23.4 Å². The average molecular weight is 277 g/mol. The van der Waals surface area contributed by atoms with Crippen LogP contribution in [-0.2, 0) is 4.79 Å². The van der Waals surface area contributed by atoms with Gasteiger partial charge in [0.15, 0.2) is 5.17 Å². The Morgan fingerprint density at radius 3 is 2.42 bits per heavy atom. The van der Waals surface area contributed by atoms with Gasteiger partial charge in [0.05, 0.1) is 0 Å². The number of rotatable bonds is 2. The van der Waals surface area contributed by atoms with Gasteiger partial charge in [-0.05, 0) is 29.7 Å². The molecule has 0 bridgehead atoms. The molecule has 1 amide bonds. The van der Waals surface area contributed by atoms with Crippen molar-refractivity contribution in [2.24, 2.45) is 10.4 Å². The molecule has 0 aromatic heterocycles. The zero-order chi connectivity index (χ0) is 13.9. The molecule has 1 heterocycles. The zero-order valence-electron chi connectivity index (χ0n) is 11.5. The predicted molar refractivity (Wildman–Crippen MR) is 82.9 cm³/mol. The topological polar surface area (TPSA) is 53.5 Å². The lowest BCUT2D eigenvalue weighted by Gasteiger charge is -2.27. The van der Waals surface area contributed by atoms with Gasteiger partial charge in [0.2, 0.25) is 5.91 Å². The summed E-state index contributed by atoms with van der Waals surface area (Å²) >= 11 is 1.75. The highest BCUT2D eigenvalue weighted by molar-refractivity contribution is 8.14. The fourth-order valence-corrected chi connectivity index (χ4v) is 2.64. The van der Waals surface area contributed by atoms with Gasteiger partial charge < -0.3 is 10.6 Å². The molecule has 0 saturated carbocycles. The number of benzene rings is 1. The van der Waals surface area contributed by atoms with E-state index in [2.05, 4.69) is 29.5 Å². The third-order valence-corrected chi connectivity index (χ3v) is 4.14. The summed E-state index contributed by atoms with van der Waals surface area (Å²) in [5, 5.41) is 7.01. The maximum Gasteiger partial charge on any atom is 0.221 e. The lowest BCUT2D eigenvalue weighted by atomic mass is 9.97. The molecule has 0 radical (unpaired) electrons. The van der Waals surface area contributed by atoms with Crippen molar-refractivity contribution in [1.29, 1.82) is 0 Å². The Labute approximate surface area is 118 Å². The number of hydrogen-bond acceptors (Lipinski definition) is 4. The molecule has 0 aliphatic carbocycles. The molecule has 2 N–H and O–H groups in total. The highest BCUT2D eigenvalue weighted by Gasteiger charge is 2.23. The Bertz CT molecular complexity index is 494. The number of amidine groups is 1. The van der Waals surface area contributed by atoms with E-state index >= 15 is 0 Å². The van der Waals surface area contributed by atoms with Crippen molar-refractivity contribution in [3.8, 4) is 0 Å². The number of amides is 1. The van der Waals surface area contributed by atoms with Crippen LogP contribution in [0.3, 0.4) is 0 Å². The third kappa shape index (κ3) is 4.28. The molecule has 5 heteroatoms. The third-order valence-electron chi connectivity index (χ3n) is 2.71. The standard InChI is InChI=1S/C14H19N3OS/c1-10(18)16-11-4-6-12(7-5-11)17-13-15-8-14(2,3)9-19-13/h4-7H,8-9H2,1-3H3,(H,15,17)(H,16,18). The van der Waals surface area contributed by atoms with Gasteiger partial charge in [0, 0.05) is 30.6 Å². The lowest BCUT2D eigenvalue weighted by Crippen LogP contribution is -2.27. The molecular formula is C14H19N3OS. The van der Waals surface area contributed by atoms with Crippen molar-refractivity contribution >= 4 is 34.2 Å². The molecule has 1 aliphatic heterocycles. The molecular weight excluding hydrogens is 258 g/mol. The van der Waals surface area contributed by atoms with Crippen molar-refractivity contribution in [3.05, 3.63) is 24.3 Å². The van der Waals surface area contributed by atoms with E-state index in [0.29, 0.717) is 0 Å². The summed E-state index contributed by atoms with van der Waals surface area (Å²) < 4.78 is 0. The molecule has 4 nitrogen and oxygen atoms in total. The number of nitrogens with one attached hydrogen (secondary N) is 2. The number of carbonyl (C=O) groups is 1. The van der Waals surface area contributed by atoms with Gasteiger partial charge in [-0.1, -0.05) is 25.6 Å². The first kappa shape index (κ1) is 13.9. The number of nitrogens with zero attached hydrogens (tertiary/aromatic N) is 1. The predicted octanol–water partition coefficient (Wildman–Crippen LogP) is 3.19. The highest BCUT2D eigenvalue weighted by Crippen LogP contribution is 2.28. The van der Waals surface area contributed by atoms with Crippen LogP contribution < -0.4 is 10.6 Å². The van der Waals surface area contributed by atoms with E-state index in [-0.39, 0.29) is 11.3 Å². The van der Waals surface area contributed by atoms with E-state index in [4.69, 9.17) is 0 Å². The molecule has 0 saturated heterocycles. The van der Waals surface area contributed by atoms with Crippen molar-refractivity contribution in [2.45, 2.75) is 20.8 Å². The average Bonchev–Trinajstić information content (AvgIpc) is 2.34. The van der Waals surface area contributed by atoms with E-state index in [1.54, 1.807) is 11.8 Å². The maximum atomic E-state index is 10.9. The molecule has 0 atom stereocenters. The largest absolute Gasteiger partial charge is 0.335 e. The van der Waals surface area contributed by atoms with Crippen LogP contribution in [0.5, 0.6) is 0 Å². The van der Waals surface area contributed by atoms with Gasteiger partial charge in [-0.15, -0.1) is 0 Å². The van der Waals surface area contributed by atoms with Crippen molar-refractivity contribution in [2.75, 3.05) is 22.9 Å². The number of anilines is 2. The zero-order valence-corrected chi connectivity index (χ0v) is 12.3. The molecule has 1 aromatic carbocycles. The monoisotopic (exact) mass is 277 g/mol. The smallest absolute Gasteiger partial charge is 0.221 e. The summed E-state index contributed by atoms with van der Waals surface area (Å²) in [4.78, 5) is 15.5. The fourth-order valence-electron chi connectivity index (χ4n) is 1.68. The van der Waals surface area contributed by atoms with Crippen LogP contribution in [0, 0.1) is 5.41 Å². The van der Waals surface area contributed by atoms with Crippen LogP contribution in [0.25, 0.3) is 0 Å². The Hall–Kier alpha value is -1.49. The first-order chi connectivity index (χ1) is 8.94. The summed E-state index contributed by atoms with van der Waals surface area (Å²) in [7, 11) is 0. The Morgan fingerprint density at radius 2 is 1.89 bits per heavy atom. The first-order valence-electron chi connectivity index (χ1n) is 6.27. The van der Waals surface area contributed by atoms with Gasteiger partial charge in [-0.2, -0.15) is 0 Å². The molecule has 0 fully saturated rings. The molecule has 1 aromatic rings. The summed E-state index contributed by atoms with van der Waals surface area (Å²) in [5.74, 6) is 1.01. The quantitative estimate of drug-likeness (QED) is 0.873. The fraction of sp³-hybridized carbons (Fsp3) is 0.429. The summed E-state index contributed by atoms with van der Waals surface area (Å²) in [6, 6.07) is 7.63. The van der Waals surface area contributed by atoms with Crippen molar-refractivity contribution in [3.63, 3.8) is 0 Å². The second-order valence-electron chi connectivity index (χ2n) is 5.46. The maximum absolute atomic E-state index is 10.9. The van der Waals surface area contributed by atoms with Crippen molar-refractivity contribution in [1.82, 2.24) is 0 Å².